The zero-order valence-electron chi connectivity index (χ0n) is 17.6. The fourth-order valence-electron chi connectivity index (χ4n) is 3.21. The molecule has 2 N–H and O–H groups in total. The topological polar surface area (TPSA) is 71.0 Å². The van der Waals surface area contributed by atoms with Crippen LogP contribution in [0.4, 0.5) is 0 Å². The summed E-state index contributed by atoms with van der Waals surface area (Å²) >= 11 is 0. The number of aromatic nitrogens is 1. The van der Waals surface area contributed by atoms with E-state index in [-0.39, 0.29) is 24.0 Å². The maximum atomic E-state index is 5.60. The smallest absolute Gasteiger partial charge is 0.218 e. The molecule has 28 heavy (non-hydrogen) atoms. The average Bonchev–Trinajstić information content (AvgIpc) is 2.68. The predicted octanol–water partition coefficient (Wildman–Crippen LogP) is 2.51. The number of hydrogen-bond donors (Lipinski definition) is 2. The molecule has 1 aromatic heterocycles. The highest BCUT2D eigenvalue weighted by atomic mass is 127. The molecule has 7 nitrogen and oxygen atoms in total. The lowest BCUT2D eigenvalue weighted by Gasteiger charge is -2.37. The van der Waals surface area contributed by atoms with E-state index in [0.29, 0.717) is 31.0 Å². The van der Waals surface area contributed by atoms with Crippen LogP contribution in [0.2, 0.25) is 0 Å². The van der Waals surface area contributed by atoms with Gasteiger partial charge in [-0.05, 0) is 25.8 Å². The molecule has 0 aromatic carbocycles. The van der Waals surface area contributed by atoms with Crippen LogP contribution in [0, 0.1) is 5.92 Å². The van der Waals surface area contributed by atoms with Gasteiger partial charge in [-0.3, -0.25) is 4.90 Å². The number of guanidine groups is 1. The van der Waals surface area contributed by atoms with Crippen LogP contribution >= 0.6 is 24.0 Å². The average molecular weight is 505 g/mol. The number of nitrogens with zero attached hydrogens (tertiary/aromatic N) is 3. The summed E-state index contributed by atoms with van der Waals surface area (Å²) in [6, 6.07) is 4.38. The zero-order chi connectivity index (χ0) is 19.5. The van der Waals surface area contributed by atoms with Crippen molar-refractivity contribution in [1.82, 2.24) is 20.5 Å². The SMILES string of the molecule is CCNC(=NCc1cccnc1OCC)NCC(C(C)C)N1CCOCC1.I. The molecule has 1 aromatic rings. The van der Waals surface area contributed by atoms with E-state index in [1.165, 1.54) is 0 Å². The van der Waals surface area contributed by atoms with E-state index in [0.717, 1.165) is 50.9 Å². The van der Waals surface area contributed by atoms with Crippen LogP contribution in [0.5, 0.6) is 5.88 Å². The van der Waals surface area contributed by atoms with Gasteiger partial charge in [0.05, 0.1) is 26.4 Å². The van der Waals surface area contributed by atoms with Crippen molar-refractivity contribution in [3.63, 3.8) is 0 Å². The van der Waals surface area contributed by atoms with Gasteiger partial charge in [0.1, 0.15) is 0 Å². The Labute approximate surface area is 186 Å². The Bertz CT molecular complexity index is 579. The highest BCUT2D eigenvalue weighted by Crippen LogP contribution is 2.15. The van der Waals surface area contributed by atoms with Gasteiger partial charge in [-0.15, -0.1) is 24.0 Å². The van der Waals surface area contributed by atoms with E-state index < -0.39 is 0 Å². The highest BCUT2D eigenvalue weighted by Gasteiger charge is 2.23. The Morgan fingerprint density at radius 1 is 1.29 bits per heavy atom. The molecule has 160 valence electrons. The predicted molar refractivity (Wildman–Crippen MR) is 125 cm³/mol. The molecule has 0 spiro atoms. The van der Waals surface area contributed by atoms with E-state index in [1.807, 2.05) is 19.1 Å². The number of ether oxygens (including phenoxy) is 2. The summed E-state index contributed by atoms with van der Waals surface area (Å²) in [7, 11) is 0. The van der Waals surface area contributed by atoms with E-state index in [9.17, 15) is 0 Å². The Balaban J connectivity index is 0.00000392. The van der Waals surface area contributed by atoms with Gasteiger partial charge in [0.25, 0.3) is 0 Å². The summed E-state index contributed by atoms with van der Waals surface area (Å²) in [5.41, 5.74) is 0.991. The van der Waals surface area contributed by atoms with Crippen molar-refractivity contribution in [2.24, 2.45) is 10.9 Å². The Hall–Kier alpha value is -1.13. The normalized spacial score (nSPS) is 16.4. The molecule has 0 bridgehead atoms. The molecule has 2 heterocycles. The molecule has 1 fully saturated rings. The fourth-order valence-corrected chi connectivity index (χ4v) is 3.21. The quantitative estimate of drug-likeness (QED) is 0.306. The van der Waals surface area contributed by atoms with Gasteiger partial charge in [-0.25, -0.2) is 9.98 Å². The van der Waals surface area contributed by atoms with Gasteiger partial charge in [-0.1, -0.05) is 19.9 Å². The van der Waals surface area contributed by atoms with Gasteiger partial charge in [0, 0.05) is 44.0 Å². The third kappa shape index (κ3) is 8.08. The number of halogens is 1. The summed E-state index contributed by atoms with van der Waals surface area (Å²) in [6.07, 6.45) is 1.75. The van der Waals surface area contributed by atoms with Crippen molar-refractivity contribution < 1.29 is 9.47 Å². The molecule has 1 saturated heterocycles. The van der Waals surface area contributed by atoms with Crippen LogP contribution < -0.4 is 15.4 Å². The minimum Gasteiger partial charge on any atom is -0.478 e. The minimum atomic E-state index is 0. The van der Waals surface area contributed by atoms with Gasteiger partial charge >= 0.3 is 0 Å². The zero-order valence-corrected chi connectivity index (χ0v) is 19.9. The van der Waals surface area contributed by atoms with Crippen molar-refractivity contribution in [2.45, 2.75) is 40.3 Å². The largest absolute Gasteiger partial charge is 0.478 e. The van der Waals surface area contributed by atoms with Crippen LogP contribution in [0.3, 0.4) is 0 Å². The summed E-state index contributed by atoms with van der Waals surface area (Å²) in [5.74, 6) is 2.04. The molecule has 1 aliphatic heterocycles. The third-order valence-electron chi connectivity index (χ3n) is 4.65. The molecule has 0 saturated carbocycles. The van der Waals surface area contributed by atoms with Gasteiger partial charge in [0.15, 0.2) is 5.96 Å². The number of nitrogens with one attached hydrogen (secondary N) is 2. The van der Waals surface area contributed by atoms with E-state index in [2.05, 4.69) is 41.3 Å². The summed E-state index contributed by atoms with van der Waals surface area (Å²) in [5, 5.41) is 6.85. The van der Waals surface area contributed by atoms with Crippen LogP contribution in [-0.2, 0) is 11.3 Å². The number of morpholine rings is 1. The van der Waals surface area contributed by atoms with Crippen LogP contribution in [0.1, 0.15) is 33.3 Å². The van der Waals surface area contributed by atoms with Crippen molar-refractivity contribution >= 4 is 29.9 Å². The number of pyridine rings is 1. The summed E-state index contributed by atoms with van der Waals surface area (Å²) < 4.78 is 11.1. The molecule has 0 aliphatic carbocycles. The summed E-state index contributed by atoms with van der Waals surface area (Å²) in [4.78, 5) is 11.5. The fraction of sp³-hybridized carbons (Fsp3) is 0.700. The van der Waals surface area contributed by atoms with Crippen LogP contribution in [0.15, 0.2) is 23.3 Å². The second kappa shape index (κ2) is 13.9. The Morgan fingerprint density at radius 3 is 2.68 bits per heavy atom. The first-order chi connectivity index (χ1) is 13.2. The molecule has 1 unspecified atom stereocenters. The number of aliphatic imine (C=N–C) groups is 1. The first-order valence-electron chi connectivity index (χ1n) is 10.1. The van der Waals surface area contributed by atoms with Crippen LogP contribution in [-0.4, -0.2) is 67.9 Å². The third-order valence-corrected chi connectivity index (χ3v) is 4.65. The van der Waals surface area contributed by atoms with E-state index >= 15 is 0 Å². The number of rotatable bonds is 9. The molecule has 2 rings (SSSR count). The molecule has 1 aliphatic rings. The second-order valence-electron chi connectivity index (χ2n) is 6.94. The minimum absolute atomic E-state index is 0. The second-order valence-corrected chi connectivity index (χ2v) is 6.94. The monoisotopic (exact) mass is 505 g/mol. The van der Waals surface area contributed by atoms with Crippen molar-refractivity contribution in [1.29, 1.82) is 0 Å². The highest BCUT2D eigenvalue weighted by molar-refractivity contribution is 14.0. The van der Waals surface area contributed by atoms with Gasteiger partial charge in [0.2, 0.25) is 5.88 Å². The first-order valence-corrected chi connectivity index (χ1v) is 10.1. The standard InChI is InChI=1S/C20H35N5O2.HI/c1-5-21-20(23-14-17-8-7-9-22-19(17)27-6-2)24-15-18(16(3)4)25-10-12-26-13-11-25;/h7-9,16,18H,5-6,10-15H2,1-4H3,(H2,21,23,24);1H. The lowest BCUT2D eigenvalue weighted by Crippen LogP contribution is -2.52. The first kappa shape index (κ1) is 24.9. The van der Waals surface area contributed by atoms with Crippen LogP contribution in [0.25, 0.3) is 0 Å². The maximum absolute atomic E-state index is 5.60. The van der Waals surface area contributed by atoms with Gasteiger partial charge in [-0.2, -0.15) is 0 Å². The molecule has 8 heteroatoms. The Morgan fingerprint density at radius 2 is 2.04 bits per heavy atom. The number of hydrogen-bond acceptors (Lipinski definition) is 5. The van der Waals surface area contributed by atoms with Crippen molar-refractivity contribution in [2.75, 3.05) is 46.0 Å². The molecule has 0 amide bonds. The van der Waals surface area contributed by atoms with Gasteiger partial charge < -0.3 is 20.1 Å². The van der Waals surface area contributed by atoms with E-state index in [1.54, 1.807) is 6.20 Å². The Kier molecular flexibility index (Phi) is 12.4. The van der Waals surface area contributed by atoms with Crippen molar-refractivity contribution in [3.8, 4) is 5.88 Å². The molecule has 0 radical (unpaired) electrons. The lowest BCUT2D eigenvalue weighted by atomic mass is 10.0. The summed E-state index contributed by atoms with van der Waals surface area (Å²) in [6.45, 7) is 15.0. The van der Waals surface area contributed by atoms with Crippen molar-refractivity contribution in [3.05, 3.63) is 23.9 Å². The van der Waals surface area contributed by atoms with E-state index in [4.69, 9.17) is 14.5 Å². The molecule has 1 atom stereocenters. The molecular formula is C20H36IN5O2. The lowest BCUT2D eigenvalue weighted by molar-refractivity contribution is 0.00752. The molecular weight excluding hydrogens is 469 g/mol. The maximum Gasteiger partial charge on any atom is 0.218 e.